The molecule has 0 aromatic heterocycles. The molecule has 0 aliphatic carbocycles. The van der Waals surface area contributed by atoms with Crippen molar-refractivity contribution in [2.75, 3.05) is 13.2 Å². The van der Waals surface area contributed by atoms with Gasteiger partial charge in [-0.05, 0) is 19.9 Å². The highest BCUT2D eigenvalue weighted by Crippen LogP contribution is 1.93. The van der Waals surface area contributed by atoms with Crippen molar-refractivity contribution in [2.24, 2.45) is 0 Å². The number of hydrogen-bond donors (Lipinski definition) is 1. The molecule has 1 heterocycles. The molecule has 42 valence electrons. The van der Waals surface area contributed by atoms with E-state index in [-0.39, 0.29) is 6.23 Å². The second-order valence-corrected chi connectivity index (χ2v) is 1.82. The Morgan fingerprint density at radius 2 is 2.57 bits per heavy atom. The summed E-state index contributed by atoms with van der Waals surface area (Å²) < 4.78 is 5.17. The molecule has 0 aromatic rings. The van der Waals surface area contributed by atoms with Gasteiger partial charge in [-0.2, -0.15) is 0 Å². The lowest BCUT2D eigenvalue weighted by Crippen LogP contribution is -2.35. The van der Waals surface area contributed by atoms with Gasteiger partial charge in [-0.1, -0.05) is 0 Å². The van der Waals surface area contributed by atoms with E-state index in [2.05, 4.69) is 5.32 Å². The van der Waals surface area contributed by atoms with Gasteiger partial charge in [0.1, 0.15) is 6.23 Å². The minimum Gasteiger partial charge on any atom is -0.364 e. The number of ether oxygens (including phenoxy) is 1. The largest absolute Gasteiger partial charge is 0.364 e. The summed E-state index contributed by atoms with van der Waals surface area (Å²) in [6.07, 6.45) is 1.44. The van der Waals surface area contributed by atoms with E-state index in [0.29, 0.717) is 0 Å². The van der Waals surface area contributed by atoms with Crippen molar-refractivity contribution in [3.05, 3.63) is 0 Å². The average Bonchev–Trinajstić information content (AvgIpc) is 1.69. The second-order valence-electron chi connectivity index (χ2n) is 1.82. The minimum atomic E-state index is 0.286. The van der Waals surface area contributed by atoms with E-state index in [1.807, 2.05) is 6.92 Å². The van der Waals surface area contributed by atoms with E-state index in [1.165, 1.54) is 0 Å². The number of rotatable bonds is 0. The molecule has 0 bridgehead atoms. The Labute approximate surface area is 43.9 Å². The van der Waals surface area contributed by atoms with Crippen LogP contribution in [0.3, 0.4) is 0 Å². The smallest absolute Gasteiger partial charge is 0.105 e. The van der Waals surface area contributed by atoms with Crippen molar-refractivity contribution in [1.29, 1.82) is 0 Å². The lowest BCUT2D eigenvalue weighted by Gasteiger charge is -2.19. The number of nitrogens with one attached hydrogen (secondary N) is 1. The van der Waals surface area contributed by atoms with E-state index < -0.39 is 0 Å². The summed E-state index contributed by atoms with van der Waals surface area (Å²) in [6.45, 7) is 4.06. The zero-order valence-electron chi connectivity index (χ0n) is 4.61. The van der Waals surface area contributed by atoms with Gasteiger partial charge in [0.2, 0.25) is 0 Å². The Balaban J connectivity index is 2.12. The highest BCUT2D eigenvalue weighted by atomic mass is 16.5. The molecule has 2 heteroatoms. The fraction of sp³-hybridized carbons (Fsp3) is 1.00. The van der Waals surface area contributed by atoms with Crippen LogP contribution < -0.4 is 5.32 Å². The number of hydrogen-bond acceptors (Lipinski definition) is 2. The molecule has 1 aliphatic rings. The van der Waals surface area contributed by atoms with Crippen LogP contribution in [0.1, 0.15) is 13.3 Å². The van der Waals surface area contributed by atoms with Crippen molar-refractivity contribution >= 4 is 0 Å². The monoisotopic (exact) mass is 101 g/mol. The zero-order chi connectivity index (χ0) is 5.11. The standard InChI is InChI=1S/C5H11NO/c1-5-6-3-2-4-7-5/h5-6H,2-4H2,1H3/t5-/m1/s1. The topological polar surface area (TPSA) is 21.3 Å². The van der Waals surface area contributed by atoms with Gasteiger partial charge >= 0.3 is 0 Å². The van der Waals surface area contributed by atoms with Crippen molar-refractivity contribution in [3.8, 4) is 0 Å². The summed E-state index contributed by atoms with van der Waals surface area (Å²) >= 11 is 0. The van der Waals surface area contributed by atoms with Crippen LogP contribution >= 0.6 is 0 Å². The zero-order valence-corrected chi connectivity index (χ0v) is 4.61. The molecule has 1 aliphatic heterocycles. The molecule has 1 atom stereocenters. The first-order valence-corrected chi connectivity index (χ1v) is 2.74. The van der Waals surface area contributed by atoms with Gasteiger partial charge in [0.05, 0.1) is 0 Å². The molecule has 0 unspecified atom stereocenters. The Morgan fingerprint density at radius 3 is 2.86 bits per heavy atom. The van der Waals surface area contributed by atoms with Gasteiger partial charge in [0.25, 0.3) is 0 Å². The van der Waals surface area contributed by atoms with Crippen LogP contribution in [0.4, 0.5) is 0 Å². The van der Waals surface area contributed by atoms with E-state index in [1.54, 1.807) is 0 Å². The molecular formula is C5H11NO. The fourth-order valence-corrected chi connectivity index (χ4v) is 0.697. The van der Waals surface area contributed by atoms with Crippen LogP contribution in [-0.4, -0.2) is 19.4 Å². The van der Waals surface area contributed by atoms with E-state index in [4.69, 9.17) is 4.74 Å². The Hall–Kier alpha value is -0.0800. The lowest BCUT2D eigenvalue weighted by molar-refractivity contribution is 0.0139. The maximum absolute atomic E-state index is 5.17. The molecular weight excluding hydrogens is 90.1 g/mol. The molecule has 0 aromatic carbocycles. The molecule has 1 rings (SSSR count). The van der Waals surface area contributed by atoms with E-state index in [0.717, 1.165) is 19.6 Å². The highest BCUT2D eigenvalue weighted by molar-refractivity contribution is 4.54. The SMILES string of the molecule is C[C@@H]1NCCCO1. The van der Waals surface area contributed by atoms with Gasteiger partial charge in [0, 0.05) is 6.61 Å². The Kier molecular flexibility index (Phi) is 1.65. The predicted octanol–water partition coefficient (Wildman–Crippen LogP) is 0.342. The van der Waals surface area contributed by atoms with Crippen LogP contribution in [0.15, 0.2) is 0 Å². The quantitative estimate of drug-likeness (QED) is 0.475. The highest BCUT2D eigenvalue weighted by Gasteiger charge is 2.04. The molecule has 1 N–H and O–H groups in total. The van der Waals surface area contributed by atoms with Crippen LogP contribution in [0.2, 0.25) is 0 Å². The third kappa shape index (κ3) is 1.45. The van der Waals surface area contributed by atoms with Crippen LogP contribution in [0.5, 0.6) is 0 Å². The maximum Gasteiger partial charge on any atom is 0.105 e. The Bertz CT molecular complexity index is 50.0. The summed E-state index contributed by atoms with van der Waals surface area (Å²) in [6, 6.07) is 0. The van der Waals surface area contributed by atoms with Crippen LogP contribution in [-0.2, 0) is 4.74 Å². The molecule has 0 spiro atoms. The maximum atomic E-state index is 5.17. The fourth-order valence-electron chi connectivity index (χ4n) is 0.697. The summed E-state index contributed by atoms with van der Waals surface area (Å²) in [7, 11) is 0. The summed E-state index contributed by atoms with van der Waals surface area (Å²) in [5.74, 6) is 0. The molecule has 0 amide bonds. The van der Waals surface area contributed by atoms with Crippen molar-refractivity contribution in [1.82, 2.24) is 5.32 Å². The summed E-state index contributed by atoms with van der Waals surface area (Å²) in [4.78, 5) is 0. The van der Waals surface area contributed by atoms with E-state index >= 15 is 0 Å². The summed E-state index contributed by atoms with van der Waals surface area (Å²) in [5.41, 5.74) is 0. The van der Waals surface area contributed by atoms with Gasteiger partial charge in [-0.15, -0.1) is 0 Å². The molecule has 0 saturated carbocycles. The molecule has 1 fully saturated rings. The van der Waals surface area contributed by atoms with Crippen LogP contribution in [0.25, 0.3) is 0 Å². The van der Waals surface area contributed by atoms with Crippen LogP contribution in [0, 0.1) is 0 Å². The first kappa shape index (κ1) is 5.06. The van der Waals surface area contributed by atoms with Crippen molar-refractivity contribution < 1.29 is 4.74 Å². The summed E-state index contributed by atoms with van der Waals surface area (Å²) in [5, 5.41) is 3.16. The first-order chi connectivity index (χ1) is 3.39. The third-order valence-corrected chi connectivity index (χ3v) is 1.12. The van der Waals surface area contributed by atoms with Gasteiger partial charge in [-0.3, -0.25) is 5.32 Å². The first-order valence-electron chi connectivity index (χ1n) is 2.74. The minimum absolute atomic E-state index is 0.286. The van der Waals surface area contributed by atoms with Gasteiger partial charge in [-0.25, -0.2) is 0 Å². The lowest BCUT2D eigenvalue weighted by atomic mass is 10.4. The molecule has 0 radical (unpaired) electrons. The molecule has 2 nitrogen and oxygen atoms in total. The molecule has 1 saturated heterocycles. The predicted molar refractivity (Wildman–Crippen MR) is 28.0 cm³/mol. The Morgan fingerprint density at radius 1 is 1.71 bits per heavy atom. The molecule has 7 heavy (non-hydrogen) atoms. The second kappa shape index (κ2) is 2.28. The van der Waals surface area contributed by atoms with Crippen molar-refractivity contribution in [3.63, 3.8) is 0 Å². The normalized spacial score (nSPS) is 33.0. The van der Waals surface area contributed by atoms with E-state index in [9.17, 15) is 0 Å². The van der Waals surface area contributed by atoms with Gasteiger partial charge < -0.3 is 4.74 Å². The average molecular weight is 101 g/mol. The van der Waals surface area contributed by atoms with Crippen molar-refractivity contribution in [2.45, 2.75) is 19.6 Å². The third-order valence-electron chi connectivity index (χ3n) is 1.12. The van der Waals surface area contributed by atoms with Gasteiger partial charge in [0.15, 0.2) is 0 Å².